The molecule has 0 aliphatic rings. The maximum Gasteiger partial charge on any atom is 0.436 e. The molecule has 2 aromatic rings. The first kappa shape index (κ1) is 16.2. The first-order valence-corrected chi connectivity index (χ1v) is 6.33. The van der Waals surface area contributed by atoms with Crippen LogP contribution in [0, 0.1) is 0 Å². The van der Waals surface area contributed by atoms with Gasteiger partial charge in [0.25, 0.3) is 0 Å². The molecule has 1 aromatic heterocycles. The molecule has 0 saturated heterocycles. The van der Waals surface area contributed by atoms with Crippen molar-refractivity contribution < 1.29 is 27.8 Å². The van der Waals surface area contributed by atoms with Crippen molar-refractivity contribution in [3.8, 4) is 11.6 Å². The molecular weight excluding hydrogens is 325 g/mol. The molecule has 118 valence electrons. The summed E-state index contributed by atoms with van der Waals surface area (Å²) in [6.07, 6.45) is -4.87. The highest BCUT2D eigenvalue weighted by atomic mass is 35.5. The summed E-state index contributed by atoms with van der Waals surface area (Å²) in [5.41, 5.74) is -2.39. The van der Waals surface area contributed by atoms with Crippen LogP contribution < -0.4 is 4.74 Å². The van der Waals surface area contributed by atoms with Gasteiger partial charge >= 0.3 is 6.18 Å². The van der Waals surface area contributed by atoms with Gasteiger partial charge in [-0.05, 0) is 12.1 Å². The molecule has 1 N–H and O–H groups in total. The zero-order chi connectivity index (χ0) is 16.5. The smallest absolute Gasteiger partial charge is 0.436 e. The van der Waals surface area contributed by atoms with Crippen LogP contribution in [-0.2, 0) is 13.2 Å². The first-order chi connectivity index (χ1) is 10.2. The lowest BCUT2D eigenvalue weighted by molar-refractivity contribution is -0.141. The van der Waals surface area contributed by atoms with Crippen LogP contribution in [0.2, 0.25) is 5.02 Å². The number of carbonyl (C=O) groups excluding carboxylic acids is 1. The fourth-order valence-corrected chi connectivity index (χ4v) is 1.94. The van der Waals surface area contributed by atoms with Gasteiger partial charge in [-0.3, -0.25) is 4.79 Å². The first-order valence-electron chi connectivity index (χ1n) is 5.95. The van der Waals surface area contributed by atoms with Crippen LogP contribution in [-0.4, -0.2) is 27.3 Å². The van der Waals surface area contributed by atoms with E-state index in [-0.39, 0.29) is 10.8 Å². The van der Waals surface area contributed by atoms with Gasteiger partial charge in [-0.1, -0.05) is 23.7 Å². The Balaban J connectivity index is 2.25. The predicted molar refractivity (Wildman–Crippen MR) is 71.2 cm³/mol. The van der Waals surface area contributed by atoms with E-state index >= 15 is 0 Å². The number of aryl methyl sites for hydroxylation is 1. The number of rotatable bonds is 4. The Morgan fingerprint density at radius 2 is 2.05 bits per heavy atom. The van der Waals surface area contributed by atoms with Gasteiger partial charge < -0.3 is 9.84 Å². The van der Waals surface area contributed by atoms with E-state index in [1.54, 1.807) is 12.1 Å². The van der Waals surface area contributed by atoms with Crippen molar-refractivity contribution >= 4 is 17.4 Å². The molecule has 22 heavy (non-hydrogen) atoms. The molecular formula is C13H10ClF3N2O3. The van der Waals surface area contributed by atoms with Crippen molar-refractivity contribution in [2.75, 3.05) is 6.61 Å². The molecule has 9 heteroatoms. The Morgan fingerprint density at radius 3 is 2.64 bits per heavy atom. The Hall–Kier alpha value is -2.22. The lowest BCUT2D eigenvalue weighted by Crippen LogP contribution is -2.17. The van der Waals surface area contributed by atoms with Crippen molar-refractivity contribution in [1.82, 2.24) is 9.78 Å². The minimum absolute atomic E-state index is 0.148. The zero-order valence-electron chi connectivity index (χ0n) is 11.2. The van der Waals surface area contributed by atoms with E-state index in [2.05, 4.69) is 5.10 Å². The molecule has 5 nitrogen and oxygen atoms in total. The Morgan fingerprint density at radius 1 is 1.41 bits per heavy atom. The molecule has 0 bridgehead atoms. The molecule has 0 radical (unpaired) electrons. The Kier molecular flexibility index (Phi) is 4.32. The van der Waals surface area contributed by atoms with Crippen molar-refractivity contribution in [2.45, 2.75) is 6.18 Å². The SMILES string of the molecule is Cn1nc(C(F)(F)F)c(C(=O)COc2ccccc2Cl)c1O. The van der Waals surface area contributed by atoms with Crippen LogP contribution in [0.1, 0.15) is 16.1 Å². The number of benzene rings is 1. The monoisotopic (exact) mass is 334 g/mol. The van der Waals surface area contributed by atoms with Crippen LogP contribution in [0.15, 0.2) is 24.3 Å². The van der Waals surface area contributed by atoms with E-state index in [1.165, 1.54) is 12.1 Å². The summed E-state index contributed by atoms with van der Waals surface area (Å²) in [6.45, 7) is -0.716. The molecule has 0 aliphatic heterocycles. The second kappa shape index (κ2) is 5.88. The number of hydrogen-bond acceptors (Lipinski definition) is 4. The van der Waals surface area contributed by atoms with Gasteiger partial charge in [-0.25, -0.2) is 4.68 Å². The van der Waals surface area contributed by atoms with Crippen LogP contribution in [0.25, 0.3) is 0 Å². The van der Waals surface area contributed by atoms with Gasteiger partial charge in [0.15, 0.2) is 12.3 Å². The number of Topliss-reactive ketones (excluding diaryl/α,β-unsaturated/α-hetero) is 1. The summed E-state index contributed by atoms with van der Waals surface area (Å²) in [4.78, 5) is 11.9. The minimum Gasteiger partial charge on any atom is -0.493 e. The average molecular weight is 335 g/mol. The third-order valence-corrected chi connectivity index (χ3v) is 3.07. The Bertz CT molecular complexity index is 713. The van der Waals surface area contributed by atoms with Crippen LogP contribution in [0.4, 0.5) is 13.2 Å². The topological polar surface area (TPSA) is 64.4 Å². The van der Waals surface area contributed by atoms with E-state index in [0.29, 0.717) is 4.68 Å². The molecule has 2 rings (SSSR count). The third-order valence-electron chi connectivity index (χ3n) is 2.76. The van der Waals surface area contributed by atoms with Gasteiger partial charge in [-0.15, -0.1) is 0 Å². The number of aromatic nitrogens is 2. The van der Waals surface area contributed by atoms with Crippen molar-refractivity contribution in [2.24, 2.45) is 7.05 Å². The van der Waals surface area contributed by atoms with E-state index in [1.807, 2.05) is 0 Å². The fraction of sp³-hybridized carbons (Fsp3) is 0.231. The molecule has 1 heterocycles. The lowest BCUT2D eigenvalue weighted by Gasteiger charge is -2.08. The number of ketones is 1. The number of ether oxygens (including phenoxy) is 1. The molecule has 0 fully saturated rings. The second-order valence-corrected chi connectivity index (χ2v) is 4.72. The second-order valence-electron chi connectivity index (χ2n) is 4.31. The van der Waals surface area contributed by atoms with E-state index in [9.17, 15) is 23.1 Å². The molecule has 0 atom stereocenters. The zero-order valence-corrected chi connectivity index (χ0v) is 11.9. The number of carbonyl (C=O) groups is 1. The van der Waals surface area contributed by atoms with Crippen molar-refractivity contribution in [1.29, 1.82) is 0 Å². The van der Waals surface area contributed by atoms with E-state index < -0.39 is 35.7 Å². The standard InChI is InChI=1S/C13H10ClF3N2O3/c1-19-12(21)10(11(18-19)13(15,16)17)8(20)6-22-9-5-3-2-4-7(9)14/h2-5,21H,6H2,1H3. The van der Waals surface area contributed by atoms with Crippen LogP contribution in [0.5, 0.6) is 11.6 Å². The molecule has 0 unspecified atom stereocenters. The quantitative estimate of drug-likeness (QED) is 0.873. The highest BCUT2D eigenvalue weighted by molar-refractivity contribution is 6.32. The highest BCUT2D eigenvalue weighted by Crippen LogP contribution is 2.35. The van der Waals surface area contributed by atoms with Gasteiger partial charge in [-0.2, -0.15) is 18.3 Å². The number of alkyl halides is 3. The predicted octanol–water partition coefficient (Wildman–Crippen LogP) is 3.06. The minimum atomic E-state index is -4.87. The number of nitrogens with zero attached hydrogens (tertiary/aromatic N) is 2. The largest absolute Gasteiger partial charge is 0.493 e. The maximum absolute atomic E-state index is 12.8. The van der Waals surface area contributed by atoms with Gasteiger partial charge in [0.1, 0.15) is 11.3 Å². The number of halogens is 4. The van der Waals surface area contributed by atoms with Crippen LogP contribution in [0.3, 0.4) is 0 Å². The number of para-hydroxylation sites is 1. The number of hydrogen-bond donors (Lipinski definition) is 1. The lowest BCUT2D eigenvalue weighted by atomic mass is 10.1. The van der Waals surface area contributed by atoms with Gasteiger partial charge in [0.2, 0.25) is 11.7 Å². The summed E-state index contributed by atoms with van der Waals surface area (Å²) in [5.74, 6) is -1.78. The number of aromatic hydroxyl groups is 1. The normalized spacial score (nSPS) is 11.5. The Labute approximate surface area is 127 Å². The third kappa shape index (κ3) is 3.16. The fourth-order valence-electron chi connectivity index (χ4n) is 1.75. The summed E-state index contributed by atoms with van der Waals surface area (Å²) in [6, 6.07) is 6.19. The van der Waals surface area contributed by atoms with Gasteiger partial charge in [0.05, 0.1) is 5.02 Å². The molecule has 0 amide bonds. The summed E-state index contributed by atoms with van der Waals surface area (Å²) < 4.78 is 44.1. The maximum atomic E-state index is 12.8. The van der Waals surface area contributed by atoms with Crippen molar-refractivity contribution in [3.05, 3.63) is 40.5 Å². The van der Waals surface area contributed by atoms with E-state index in [4.69, 9.17) is 16.3 Å². The summed E-state index contributed by atoms with van der Waals surface area (Å²) in [5, 5.41) is 12.9. The summed E-state index contributed by atoms with van der Waals surface area (Å²) >= 11 is 5.81. The van der Waals surface area contributed by atoms with Crippen LogP contribution >= 0.6 is 11.6 Å². The molecule has 0 saturated carbocycles. The average Bonchev–Trinajstić information content (AvgIpc) is 2.74. The van der Waals surface area contributed by atoms with E-state index in [0.717, 1.165) is 7.05 Å². The van der Waals surface area contributed by atoms with Crippen molar-refractivity contribution in [3.63, 3.8) is 0 Å². The van der Waals surface area contributed by atoms with Gasteiger partial charge in [0, 0.05) is 7.05 Å². The molecule has 0 spiro atoms. The molecule has 1 aromatic carbocycles. The summed E-state index contributed by atoms with van der Waals surface area (Å²) in [7, 11) is 1.09. The highest BCUT2D eigenvalue weighted by Gasteiger charge is 2.41. The molecule has 0 aliphatic carbocycles.